The molecule has 2 aromatic carbocycles. The minimum atomic E-state index is -0.497. The van der Waals surface area contributed by atoms with Gasteiger partial charge in [-0.05, 0) is 48.8 Å². The molecule has 1 atom stereocenters. The predicted octanol–water partition coefficient (Wildman–Crippen LogP) is 3.93. The zero-order chi connectivity index (χ0) is 13.8. The first-order chi connectivity index (χ1) is 9.75. The van der Waals surface area contributed by atoms with Crippen molar-refractivity contribution in [3.05, 3.63) is 71.3 Å². The second-order valence-electron chi connectivity index (χ2n) is 6.01. The lowest BCUT2D eigenvalue weighted by Gasteiger charge is -2.33. The number of fused-ring (bicyclic) bond motifs is 1. The number of benzene rings is 2. The van der Waals surface area contributed by atoms with Crippen LogP contribution in [0.2, 0.25) is 0 Å². The fourth-order valence-electron chi connectivity index (χ4n) is 3.26. The van der Waals surface area contributed by atoms with Gasteiger partial charge in [0.15, 0.2) is 0 Å². The van der Waals surface area contributed by atoms with Gasteiger partial charge in [0.1, 0.15) is 0 Å². The monoisotopic (exact) mass is 266 g/mol. The van der Waals surface area contributed by atoms with Crippen molar-refractivity contribution < 1.29 is 5.11 Å². The third-order valence-electron chi connectivity index (χ3n) is 4.45. The fraction of sp³-hybridized carbons (Fsp3) is 0.368. The Morgan fingerprint density at radius 2 is 1.60 bits per heavy atom. The van der Waals surface area contributed by atoms with Crippen molar-refractivity contribution in [2.24, 2.45) is 0 Å². The molecular formula is C19H22O. The topological polar surface area (TPSA) is 20.2 Å². The Kier molecular flexibility index (Phi) is 3.88. The fourth-order valence-corrected chi connectivity index (χ4v) is 3.26. The maximum Gasteiger partial charge on any atom is 0.0691 e. The summed E-state index contributed by atoms with van der Waals surface area (Å²) in [4.78, 5) is 0. The highest BCUT2D eigenvalue weighted by Crippen LogP contribution is 2.32. The van der Waals surface area contributed by atoms with E-state index < -0.39 is 5.60 Å². The molecular weight excluding hydrogens is 244 g/mol. The highest BCUT2D eigenvalue weighted by Gasteiger charge is 2.31. The molecule has 1 aliphatic carbocycles. The van der Waals surface area contributed by atoms with Crippen LogP contribution in [0.1, 0.15) is 36.0 Å². The smallest absolute Gasteiger partial charge is 0.0691 e. The summed E-state index contributed by atoms with van der Waals surface area (Å²) in [7, 11) is 0. The zero-order valence-electron chi connectivity index (χ0n) is 11.9. The lowest BCUT2D eigenvalue weighted by molar-refractivity contribution is 0.0161. The highest BCUT2D eigenvalue weighted by atomic mass is 16.3. The van der Waals surface area contributed by atoms with Gasteiger partial charge in [-0.25, -0.2) is 0 Å². The Bertz CT molecular complexity index is 561. The molecule has 1 nitrogen and oxygen atoms in total. The Labute approximate surface area is 121 Å². The second-order valence-corrected chi connectivity index (χ2v) is 6.01. The van der Waals surface area contributed by atoms with Crippen molar-refractivity contribution in [2.45, 2.75) is 44.1 Å². The molecule has 0 saturated carbocycles. The Hall–Kier alpha value is -1.60. The number of aliphatic hydroxyl groups is 1. The maximum absolute atomic E-state index is 10.8. The van der Waals surface area contributed by atoms with Crippen LogP contribution in [0.25, 0.3) is 0 Å². The summed E-state index contributed by atoms with van der Waals surface area (Å²) in [5.74, 6) is 0. The van der Waals surface area contributed by atoms with Crippen molar-refractivity contribution in [2.75, 3.05) is 0 Å². The molecule has 1 unspecified atom stereocenters. The minimum Gasteiger partial charge on any atom is -0.390 e. The average molecular weight is 266 g/mol. The predicted molar refractivity (Wildman–Crippen MR) is 82.8 cm³/mol. The van der Waals surface area contributed by atoms with Gasteiger partial charge in [-0.2, -0.15) is 0 Å². The van der Waals surface area contributed by atoms with Crippen LogP contribution < -0.4 is 0 Å². The van der Waals surface area contributed by atoms with Crippen LogP contribution in [0, 0.1) is 0 Å². The quantitative estimate of drug-likeness (QED) is 0.889. The molecule has 0 radical (unpaired) electrons. The van der Waals surface area contributed by atoms with E-state index in [4.69, 9.17) is 0 Å². The molecule has 3 rings (SSSR count). The van der Waals surface area contributed by atoms with Crippen LogP contribution in [-0.4, -0.2) is 10.7 Å². The van der Waals surface area contributed by atoms with E-state index in [-0.39, 0.29) is 0 Å². The van der Waals surface area contributed by atoms with Crippen LogP contribution in [0.4, 0.5) is 0 Å². The van der Waals surface area contributed by atoms with Gasteiger partial charge in [0.2, 0.25) is 0 Å². The summed E-state index contributed by atoms with van der Waals surface area (Å²) >= 11 is 0. The summed E-state index contributed by atoms with van der Waals surface area (Å²) in [6, 6.07) is 19.1. The molecule has 0 heterocycles. The third-order valence-corrected chi connectivity index (χ3v) is 4.45. The van der Waals surface area contributed by atoms with Gasteiger partial charge in [0.25, 0.3) is 0 Å². The largest absolute Gasteiger partial charge is 0.390 e. The maximum atomic E-state index is 10.8. The van der Waals surface area contributed by atoms with Gasteiger partial charge >= 0.3 is 0 Å². The van der Waals surface area contributed by atoms with Crippen molar-refractivity contribution in [1.29, 1.82) is 0 Å². The van der Waals surface area contributed by atoms with Crippen LogP contribution in [-0.2, 0) is 19.3 Å². The number of hydrogen-bond acceptors (Lipinski definition) is 1. The standard InChI is InChI=1S/C19H22O/c20-19(13-6-9-16-7-2-1-3-8-16)14-12-17-10-4-5-11-18(17)15-19/h1-5,7-8,10-11,20H,6,9,12-15H2. The number of rotatable bonds is 4. The molecule has 2 aromatic rings. The summed E-state index contributed by atoms with van der Waals surface area (Å²) in [6.07, 6.45) is 5.75. The molecule has 0 amide bonds. The van der Waals surface area contributed by atoms with Crippen molar-refractivity contribution >= 4 is 0 Å². The first kappa shape index (κ1) is 13.4. The molecule has 0 aliphatic heterocycles. The molecule has 20 heavy (non-hydrogen) atoms. The van der Waals surface area contributed by atoms with Gasteiger partial charge in [0.05, 0.1) is 5.60 Å². The summed E-state index contributed by atoms with van der Waals surface area (Å²) < 4.78 is 0. The van der Waals surface area contributed by atoms with E-state index in [1.54, 1.807) is 0 Å². The van der Waals surface area contributed by atoms with Crippen molar-refractivity contribution in [1.82, 2.24) is 0 Å². The number of aryl methyl sites for hydroxylation is 2. The molecule has 1 heteroatoms. The van der Waals surface area contributed by atoms with Crippen LogP contribution in [0.15, 0.2) is 54.6 Å². The van der Waals surface area contributed by atoms with Crippen LogP contribution in [0.5, 0.6) is 0 Å². The van der Waals surface area contributed by atoms with E-state index in [2.05, 4.69) is 54.6 Å². The summed E-state index contributed by atoms with van der Waals surface area (Å²) in [5.41, 5.74) is 3.62. The molecule has 104 valence electrons. The molecule has 0 fully saturated rings. The Morgan fingerprint density at radius 1 is 0.900 bits per heavy atom. The number of hydrogen-bond donors (Lipinski definition) is 1. The zero-order valence-corrected chi connectivity index (χ0v) is 11.9. The molecule has 1 aliphatic rings. The SMILES string of the molecule is OC1(CCCc2ccccc2)CCc2ccccc2C1. The van der Waals surface area contributed by atoms with E-state index >= 15 is 0 Å². The van der Waals surface area contributed by atoms with Crippen LogP contribution >= 0.6 is 0 Å². The Morgan fingerprint density at radius 3 is 2.40 bits per heavy atom. The van der Waals surface area contributed by atoms with E-state index in [9.17, 15) is 5.11 Å². The highest BCUT2D eigenvalue weighted by molar-refractivity contribution is 5.31. The average Bonchev–Trinajstić information content (AvgIpc) is 2.48. The third kappa shape index (κ3) is 3.10. The van der Waals surface area contributed by atoms with Crippen LogP contribution in [0.3, 0.4) is 0 Å². The van der Waals surface area contributed by atoms with Crippen molar-refractivity contribution in [3.63, 3.8) is 0 Å². The minimum absolute atomic E-state index is 0.497. The lowest BCUT2D eigenvalue weighted by atomic mass is 9.77. The lowest BCUT2D eigenvalue weighted by Crippen LogP contribution is -2.35. The van der Waals surface area contributed by atoms with E-state index in [1.165, 1.54) is 16.7 Å². The van der Waals surface area contributed by atoms with E-state index in [0.717, 1.165) is 38.5 Å². The van der Waals surface area contributed by atoms with Gasteiger partial charge in [-0.15, -0.1) is 0 Å². The van der Waals surface area contributed by atoms with Gasteiger partial charge in [0, 0.05) is 6.42 Å². The van der Waals surface area contributed by atoms with E-state index in [1.807, 2.05) is 0 Å². The summed E-state index contributed by atoms with van der Waals surface area (Å²) in [6.45, 7) is 0. The first-order valence-corrected chi connectivity index (χ1v) is 7.58. The van der Waals surface area contributed by atoms with Crippen molar-refractivity contribution in [3.8, 4) is 0 Å². The molecule has 0 saturated heterocycles. The van der Waals surface area contributed by atoms with E-state index in [0.29, 0.717) is 0 Å². The second kappa shape index (κ2) is 5.80. The van der Waals surface area contributed by atoms with Gasteiger partial charge < -0.3 is 5.11 Å². The Balaban J connectivity index is 1.58. The first-order valence-electron chi connectivity index (χ1n) is 7.58. The van der Waals surface area contributed by atoms with Gasteiger partial charge in [-0.1, -0.05) is 54.6 Å². The normalized spacial score (nSPS) is 21.4. The molecule has 0 aromatic heterocycles. The molecule has 0 spiro atoms. The molecule has 1 N–H and O–H groups in total. The summed E-state index contributed by atoms with van der Waals surface area (Å²) in [5, 5.41) is 10.8. The molecule has 0 bridgehead atoms. The van der Waals surface area contributed by atoms with Gasteiger partial charge in [-0.3, -0.25) is 0 Å².